The number of amides is 1. The number of carbonyl (C=O) groups excluding carboxylic acids is 1. The minimum Gasteiger partial charge on any atom is -0.481 e. The van der Waals surface area contributed by atoms with Crippen molar-refractivity contribution in [1.29, 1.82) is 0 Å². The summed E-state index contributed by atoms with van der Waals surface area (Å²) in [6.45, 7) is 5.32. The second kappa shape index (κ2) is 4.10. The van der Waals surface area contributed by atoms with Gasteiger partial charge in [-0.3, -0.25) is 4.79 Å². The molecule has 0 radical (unpaired) electrons. The molecule has 0 unspecified atom stereocenters. The van der Waals surface area contributed by atoms with Gasteiger partial charge >= 0.3 is 12.1 Å². The van der Waals surface area contributed by atoms with Gasteiger partial charge in [0.25, 0.3) is 0 Å². The quantitative estimate of drug-likeness (QED) is 0.788. The average Bonchev–Trinajstić information content (AvgIpc) is 2.09. The Morgan fingerprint density at radius 2 is 1.74 bits per heavy atom. The normalized spacial score (nSPS) is 24.1. The first-order valence-corrected chi connectivity index (χ1v) is 6.53. The predicted octanol–water partition coefficient (Wildman–Crippen LogP) is 1.22. The van der Waals surface area contributed by atoms with Gasteiger partial charge < -0.3 is 19.8 Å². The van der Waals surface area contributed by atoms with Crippen molar-refractivity contribution in [2.24, 2.45) is 5.41 Å². The Hall–Kier alpha value is -1.30. The van der Waals surface area contributed by atoms with Crippen molar-refractivity contribution >= 4 is 12.1 Å². The number of hydrogen-bond acceptors (Lipinski definition) is 4. The summed E-state index contributed by atoms with van der Waals surface area (Å²) in [5, 5.41) is 19.7. The van der Waals surface area contributed by atoms with E-state index >= 15 is 0 Å². The Bertz CT molecular complexity index is 402. The molecule has 0 atom stereocenters. The highest BCUT2D eigenvalue weighted by Gasteiger charge is 2.66. The first-order chi connectivity index (χ1) is 8.60. The SMILES string of the molecule is CC(C)(C)OC(=O)N1CC(C(=O)O)(C2(O)CCC2)C1. The molecule has 0 bridgehead atoms. The molecule has 1 saturated heterocycles. The summed E-state index contributed by atoms with van der Waals surface area (Å²) in [5.74, 6) is -1.03. The zero-order valence-electron chi connectivity index (χ0n) is 11.6. The number of nitrogens with zero attached hydrogens (tertiary/aromatic N) is 1. The zero-order valence-corrected chi connectivity index (χ0v) is 11.6. The lowest BCUT2D eigenvalue weighted by atomic mass is 9.57. The van der Waals surface area contributed by atoms with Gasteiger partial charge in [0.2, 0.25) is 0 Å². The van der Waals surface area contributed by atoms with E-state index in [1.165, 1.54) is 4.90 Å². The number of aliphatic carboxylic acids is 1. The molecule has 0 aromatic rings. The van der Waals surface area contributed by atoms with Gasteiger partial charge in [-0.05, 0) is 40.0 Å². The number of carbonyl (C=O) groups is 2. The molecule has 19 heavy (non-hydrogen) atoms. The highest BCUT2D eigenvalue weighted by Crippen LogP contribution is 2.51. The van der Waals surface area contributed by atoms with Crippen LogP contribution in [0.2, 0.25) is 0 Å². The monoisotopic (exact) mass is 271 g/mol. The molecule has 1 saturated carbocycles. The second-order valence-electron chi connectivity index (χ2n) is 6.61. The molecule has 6 heteroatoms. The Kier molecular flexibility index (Phi) is 3.04. The lowest BCUT2D eigenvalue weighted by Crippen LogP contribution is -2.74. The maximum absolute atomic E-state index is 11.8. The molecule has 0 spiro atoms. The van der Waals surface area contributed by atoms with Crippen LogP contribution in [0.3, 0.4) is 0 Å². The fraction of sp³-hybridized carbons (Fsp3) is 0.846. The Morgan fingerprint density at radius 1 is 1.21 bits per heavy atom. The van der Waals surface area contributed by atoms with Gasteiger partial charge in [0.1, 0.15) is 11.0 Å². The van der Waals surface area contributed by atoms with Crippen LogP contribution in [0.1, 0.15) is 40.0 Å². The first-order valence-electron chi connectivity index (χ1n) is 6.53. The molecule has 2 fully saturated rings. The lowest BCUT2D eigenvalue weighted by molar-refractivity contribution is -0.213. The maximum Gasteiger partial charge on any atom is 0.410 e. The van der Waals surface area contributed by atoms with Crippen LogP contribution in [0.15, 0.2) is 0 Å². The highest BCUT2D eigenvalue weighted by atomic mass is 16.6. The molecule has 1 amide bonds. The van der Waals surface area contributed by atoms with Crippen LogP contribution in [0.4, 0.5) is 4.79 Å². The summed E-state index contributed by atoms with van der Waals surface area (Å²) in [5.41, 5.74) is -2.99. The first kappa shape index (κ1) is 14.1. The van der Waals surface area contributed by atoms with Gasteiger partial charge in [-0.2, -0.15) is 0 Å². The molecule has 1 heterocycles. The van der Waals surface area contributed by atoms with Crippen LogP contribution in [0, 0.1) is 5.41 Å². The van der Waals surface area contributed by atoms with Gasteiger partial charge in [-0.1, -0.05) is 0 Å². The van der Waals surface area contributed by atoms with Crippen LogP contribution in [-0.2, 0) is 9.53 Å². The van der Waals surface area contributed by atoms with Gasteiger partial charge in [0, 0.05) is 13.1 Å². The minimum absolute atomic E-state index is 0.0216. The van der Waals surface area contributed by atoms with Gasteiger partial charge in [0.05, 0.1) is 5.60 Å². The van der Waals surface area contributed by atoms with Crippen LogP contribution < -0.4 is 0 Å². The average molecular weight is 271 g/mol. The Labute approximate surface area is 112 Å². The molecule has 0 aromatic heterocycles. The summed E-state index contributed by atoms with van der Waals surface area (Å²) >= 11 is 0. The van der Waals surface area contributed by atoms with Gasteiger partial charge in [-0.15, -0.1) is 0 Å². The van der Waals surface area contributed by atoms with Crippen molar-refractivity contribution in [1.82, 2.24) is 4.90 Å². The van der Waals surface area contributed by atoms with E-state index in [1.807, 2.05) is 0 Å². The molecule has 1 aliphatic carbocycles. The molecule has 0 aromatic carbocycles. The third-order valence-corrected chi connectivity index (χ3v) is 4.05. The summed E-state index contributed by atoms with van der Waals surface area (Å²) in [6.07, 6.45) is 1.29. The van der Waals surface area contributed by atoms with E-state index in [0.717, 1.165) is 6.42 Å². The topological polar surface area (TPSA) is 87.1 Å². The van der Waals surface area contributed by atoms with Crippen molar-refractivity contribution in [3.63, 3.8) is 0 Å². The molecule has 6 nitrogen and oxygen atoms in total. The number of rotatable bonds is 2. The summed E-state index contributed by atoms with van der Waals surface area (Å²) in [7, 11) is 0. The number of carboxylic acid groups (broad SMARTS) is 1. The standard InChI is InChI=1S/C13H21NO5/c1-11(2,3)19-10(17)14-7-12(8-14,9(15)16)13(18)5-4-6-13/h18H,4-8H2,1-3H3,(H,15,16). The zero-order chi connectivity index (χ0) is 14.5. The summed E-state index contributed by atoms with van der Waals surface area (Å²) in [4.78, 5) is 24.6. The lowest BCUT2D eigenvalue weighted by Gasteiger charge is -2.58. The Balaban J connectivity index is 2.03. The van der Waals surface area contributed by atoms with Crippen molar-refractivity contribution < 1.29 is 24.5 Å². The number of likely N-dealkylation sites (tertiary alicyclic amines) is 1. The molecular weight excluding hydrogens is 250 g/mol. The molecule has 2 N–H and O–H groups in total. The van der Waals surface area contributed by atoms with Crippen LogP contribution >= 0.6 is 0 Å². The third-order valence-electron chi connectivity index (χ3n) is 4.05. The minimum atomic E-state index is -1.22. The van der Waals surface area contributed by atoms with Crippen LogP contribution in [0.5, 0.6) is 0 Å². The van der Waals surface area contributed by atoms with Crippen molar-refractivity contribution in [2.75, 3.05) is 13.1 Å². The molecule has 108 valence electrons. The van der Waals surface area contributed by atoms with Crippen LogP contribution in [-0.4, -0.2) is 51.5 Å². The maximum atomic E-state index is 11.8. The van der Waals surface area contributed by atoms with E-state index in [2.05, 4.69) is 0 Å². The van der Waals surface area contributed by atoms with Gasteiger partial charge in [0.15, 0.2) is 0 Å². The highest BCUT2D eigenvalue weighted by molar-refractivity contribution is 5.82. The van der Waals surface area contributed by atoms with Crippen molar-refractivity contribution in [3.05, 3.63) is 0 Å². The molecular formula is C13H21NO5. The fourth-order valence-electron chi connectivity index (χ4n) is 2.68. The van der Waals surface area contributed by atoms with E-state index in [4.69, 9.17) is 4.74 Å². The summed E-state index contributed by atoms with van der Waals surface area (Å²) in [6, 6.07) is 0. The van der Waals surface area contributed by atoms with Crippen molar-refractivity contribution in [2.45, 2.75) is 51.2 Å². The second-order valence-corrected chi connectivity index (χ2v) is 6.61. The van der Waals surface area contributed by atoms with E-state index in [9.17, 15) is 19.8 Å². The molecule has 1 aliphatic heterocycles. The van der Waals surface area contributed by atoms with Crippen LogP contribution in [0.25, 0.3) is 0 Å². The van der Waals surface area contributed by atoms with E-state index < -0.39 is 28.7 Å². The van der Waals surface area contributed by atoms with E-state index in [0.29, 0.717) is 12.8 Å². The Morgan fingerprint density at radius 3 is 2.05 bits per heavy atom. The summed E-state index contributed by atoms with van der Waals surface area (Å²) < 4.78 is 5.19. The number of carboxylic acids is 1. The van der Waals surface area contributed by atoms with E-state index in [-0.39, 0.29) is 13.1 Å². The number of aliphatic hydroxyl groups is 1. The molecule has 2 rings (SSSR count). The third kappa shape index (κ3) is 2.18. The van der Waals surface area contributed by atoms with E-state index in [1.54, 1.807) is 20.8 Å². The largest absolute Gasteiger partial charge is 0.481 e. The fourth-order valence-corrected chi connectivity index (χ4v) is 2.68. The number of ether oxygens (including phenoxy) is 1. The molecule has 2 aliphatic rings. The predicted molar refractivity (Wildman–Crippen MR) is 66.7 cm³/mol. The van der Waals surface area contributed by atoms with Crippen molar-refractivity contribution in [3.8, 4) is 0 Å². The number of hydrogen-bond donors (Lipinski definition) is 2. The van der Waals surface area contributed by atoms with Gasteiger partial charge in [-0.25, -0.2) is 4.79 Å². The smallest absolute Gasteiger partial charge is 0.410 e.